The average Bonchev–Trinajstić information content (AvgIpc) is 2.15. The maximum absolute atomic E-state index is 11.3. The second kappa shape index (κ2) is 8.26. The molecule has 0 aliphatic rings. The molecular weight excluding hydrogens is 246 g/mol. The normalized spacial score (nSPS) is 11.5. The Morgan fingerprint density at radius 3 is 2.47 bits per heavy atom. The molecule has 0 aromatic heterocycles. The van der Waals surface area contributed by atoms with E-state index < -0.39 is 16.3 Å². The third-order valence-corrected chi connectivity index (χ3v) is 2.71. The SMILES string of the molecule is CCOC(=O)NS(=O)(=O)NCCCNC(C)C. The van der Waals surface area contributed by atoms with Gasteiger partial charge in [0.15, 0.2) is 0 Å². The zero-order chi connectivity index (χ0) is 13.3. The molecule has 0 heterocycles. The summed E-state index contributed by atoms with van der Waals surface area (Å²) >= 11 is 0. The van der Waals surface area contributed by atoms with Gasteiger partial charge in [-0.3, -0.25) is 0 Å². The average molecular weight is 267 g/mol. The first-order valence-electron chi connectivity index (χ1n) is 5.55. The predicted molar refractivity (Wildman–Crippen MR) is 64.8 cm³/mol. The molecule has 0 aromatic rings. The molecule has 1 amide bonds. The summed E-state index contributed by atoms with van der Waals surface area (Å²) in [6.45, 7) is 6.70. The van der Waals surface area contributed by atoms with E-state index in [2.05, 4.69) is 14.8 Å². The Kier molecular flexibility index (Phi) is 7.85. The Balaban J connectivity index is 3.75. The number of carbonyl (C=O) groups excluding carboxylic acids is 1. The van der Waals surface area contributed by atoms with E-state index in [1.807, 2.05) is 13.8 Å². The first-order valence-corrected chi connectivity index (χ1v) is 7.03. The minimum Gasteiger partial charge on any atom is -0.449 e. The van der Waals surface area contributed by atoms with Gasteiger partial charge in [0.2, 0.25) is 0 Å². The van der Waals surface area contributed by atoms with Gasteiger partial charge in [0.1, 0.15) is 0 Å². The highest BCUT2D eigenvalue weighted by molar-refractivity contribution is 7.88. The van der Waals surface area contributed by atoms with Crippen LogP contribution in [0.1, 0.15) is 27.2 Å². The van der Waals surface area contributed by atoms with E-state index in [9.17, 15) is 13.2 Å². The van der Waals surface area contributed by atoms with Crippen molar-refractivity contribution in [1.29, 1.82) is 0 Å². The summed E-state index contributed by atoms with van der Waals surface area (Å²) in [7, 11) is -3.81. The van der Waals surface area contributed by atoms with Crippen molar-refractivity contribution in [3.05, 3.63) is 0 Å². The second-order valence-corrected chi connectivity index (χ2v) is 5.18. The fourth-order valence-electron chi connectivity index (χ4n) is 0.992. The Morgan fingerprint density at radius 1 is 1.29 bits per heavy atom. The summed E-state index contributed by atoms with van der Waals surface area (Å²) in [5.74, 6) is 0. The number of hydrogen-bond donors (Lipinski definition) is 3. The van der Waals surface area contributed by atoms with E-state index in [4.69, 9.17) is 0 Å². The van der Waals surface area contributed by atoms with Crippen LogP contribution in [0, 0.1) is 0 Å². The van der Waals surface area contributed by atoms with Gasteiger partial charge in [-0.05, 0) is 19.9 Å². The second-order valence-electron chi connectivity index (χ2n) is 3.68. The lowest BCUT2D eigenvalue weighted by Gasteiger charge is -2.09. The molecule has 0 radical (unpaired) electrons. The molecule has 0 rings (SSSR count). The molecule has 0 fully saturated rings. The van der Waals surface area contributed by atoms with Gasteiger partial charge in [-0.1, -0.05) is 13.8 Å². The highest BCUT2D eigenvalue weighted by Crippen LogP contribution is 1.84. The van der Waals surface area contributed by atoms with Crippen molar-refractivity contribution in [2.45, 2.75) is 33.2 Å². The summed E-state index contributed by atoms with van der Waals surface area (Å²) in [6.07, 6.45) is -0.331. The molecule has 102 valence electrons. The molecule has 0 bridgehead atoms. The molecule has 7 nitrogen and oxygen atoms in total. The lowest BCUT2D eigenvalue weighted by atomic mass is 10.3. The summed E-state index contributed by atoms with van der Waals surface area (Å²) in [4.78, 5) is 10.9. The van der Waals surface area contributed by atoms with E-state index in [1.165, 1.54) is 0 Å². The van der Waals surface area contributed by atoms with Gasteiger partial charge in [-0.2, -0.15) is 13.1 Å². The fraction of sp³-hybridized carbons (Fsp3) is 0.889. The highest BCUT2D eigenvalue weighted by Gasteiger charge is 2.13. The highest BCUT2D eigenvalue weighted by atomic mass is 32.2. The molecule has 0 saturated carbocycles. The number of amides is 1. The third-order valence-electron chi connectivity index (χ3n) is 1.69. The topological polar surface area (TPSA) is 96.5 Å². The Morgan fingerprint density at radius 2 is 1.94 bits per heavy atom. The minimum absolute atomic E-state index is 0.125. The lowest BCUT2D eigenvalue weighted by Crippen LogP contribution is -2.41. The number of nitrogens with one attached hydrogen (secondary N) is 3. The zero-order valence-corrected chi connectivity index (χ0v) is 11.3. The van der Waals surface area contributed by atoms with E-state index >= 15 is 0 Å². The standard InChI is InChI=1S/C9H21N3O4S/c1-4-16-9(13)12-17(14,15)11-7-5-6-10-8(2)3/h8,10-11H,4-7H2,1-3H3,(H,12,13). The molecule has 0 aromatic carbocycles. The smallest absolute Gasteiger partial charge is 0.421 e. The van der Waals surface area contributed by atoms with Crippen LogP contribution in [-0.2, 0) is 14.9 Å². The summed E-state index contributed by atoms with van der Waals surface area (Å²) in [5.41, 5.74) is 0. The molecule has 0 spiro atoms. The van der Waals surface area contributed by atoms with Gasteiger partial charge in [0.25, 0.3) is 0 Å². The Labute approximate surface area is 102 Å². The third kappa shape index (κ3) is 10.0. The van der Waals surface area contributed by atoms with E-state index in [0.29, 0.717) is 19.0 Å². The maximum atomic E-state index is 11.3. The summed E-state index contributed by atoms with van der Waals surface area (Å²) < 4.78 is 31.0. The van der Waals surface area contributed by atoms with Crippen molar-refractivity contribution in [3.8, 4) is 0 Å². The fourth-order valence-corrected chi connectivity index (χ4v) is 1.76. The number of hydrogen-bond acceptors (Lipinski definition) is 5. The lowest BCUT2D eigenvalue weighted by molar-refractivity contribution is 0.158. The van der Waals surface area contributed by atoms with Crippen LogP contribution in [0.15, 0.2) is 0 Å². The number of carbonyl (C=O) groups is 1. The van der Waals surface area contributed by atoms with Crippen LogP contribution >= 0.6 is 0 Å². The first-order chi connectivity index (χ1) is 7.87. The monoisotopic (exact) mass is 267 g/mol. The van der Waals surface area contributed by atoms with Crippen LogP contribution in [0.3, 0.4) is 0 Å². The van der Waals surface area contributed by atoms with Gasteiger partial charge >= 0.3 is 16.3 Å². The quantitative estimate of drug-likeness (QED) is 0.536. The van der Waals surface area contributed by atoms with Crippen molar-refractivity contribution in [3.63, 3.8) is 0 Å². The van der Waals surface area contributed by atoms with Crippen LogP contribution in [0.2, 0.25) is 0 Å². The molecule has 0 saturated heterocycles. The van der Waals surface area contributed by atoms with Crippen LogP contribution in [0.4, 0.5) is 4.79 Å². The molecule has 17 heavy (non-hydrogen) atoms. The van der Waals surface area contributed by atoms with E-state index in [1.54, 1.807) is 11.6 Å². The minimum atomic E-state index is -3.81. The van der Waals surface area contributed by atoms with Crippen LogP contribution in [-0.4, -0.2) is 40.2 Å². The van der Waals surface area contributed by atoms with Gasteiger partial charge < -0.3 is 10.1 Å². The maximum Gasteiger partial charge on any atom is 0.421 e. The largest absolute Gasteiger partial charge is 0.449 e. The van der Waals surface area contributed by atoms with Crippen molar-refractivity contribution < 1.29 is 17.9 Å². The molecule has 0 aliphatic carbocycles. The first kappa shape index (κ1) is 16.1. The zero-order valence-electron chi connectivity index (χ0n) is 10.4. The van der Waals surface area contributed by atoms with Crippen molar-refractivity contribution >= 4 is 16.3 Å². The van der Waals surface area contributed by atoms with Gasteiger partial charge in [0.05, 0.1) is 6.61 Å². The van der Waals surface area contributed by atoms with E-state index in [0.717, 1.165) is 0 Å². The molecule has 0 atom stereocenters. The molecule has 8 heteroatoms. The van der Waals surface area contributed by atoms with Crippen LogP contribution in [0.25, 0.3) is 0 Å². The van der Waals surface area contributed by atoms with E-state index in [-0.39, 0.29) is 13.2 Å². The molecule has 3 N–H and O–H groups in total. The van der Waals surface area contributed by atoms with Crippen LogP contribution < -0.4 is 14.8 Å². The Hall–Kier alpha value is -0.860. The van der Waals surface area contributed by atoms with Gasteiger partial charge in [-0.15, -0.1) is 0 Å². The number of ether oxygens (including phenoxy) is 1. The van der Waals surface area contributed by atoms with Crippen molar-refractivity contribution in [1.82, 2.24) is 14.8 Å². The molecular formula is C9H21N3O4S. The molecule has 0 aliphatic heterocycles. The van der Waals surface area contributed by atoms with Crippen molar-refractivity contribution in [2.24, 2.45) is 0 Å². The molecule has 0 unspecified atom stereocenters. The number of rotatable bonds is 8. The van der Waals surface area contributed by atoms with Gasteiger partial charge in [-0.25, -0.2) is 9.52 Å². The van der Waals surface area contributed by atoms with Crippen molar-refractivity contribution in [2.75, 3.05) is 19.7 Å². The van der Waals surface area contributed by atoms with Gasteiger partial charge in [0, 0.05) is 12.6 Å². The summed E-state index contributed by atoms with van der Waals surface area (Å²) in [5, 5.41) is 3.15. The summed E-state index contributed by atoms with van der Waals surface area (Å²) in [6, 6.07) is 0.365. The predicted octanol–water partition coefficient (Wildman–Crippen LogP) is -0.0450. The Bertz CT molecular complexity index is 316. The van der Waals surface area contributed by atoms with Crippen LogP contribution in [0.5, 0.6) is 0 Å².